The maximum Gasteiger partial charge on any atom is 0.227 e. The van der Waals surface area contributed by atoms with Crippen LogP contribution < -0.4 is 10.2 Å². The lowest BCUT2D eigenvalue weighted by Gasteiger charge is -2.31. The molecule has 1 aromatic carbocycles. The van der Waals surface area contributed by atoms with Crippen molar-refractivity contribution in [1.29, 1.82) is 0 Å². The summed E-state index contributed by atoms with van der Waals surface area (Å²) in [5.41, 5.74) is 1.72. The van der Waals surface area contributed by atoms with Gasteiger partial charge >= 0.3 is 0 Å². The third-order valence-electron chi connectivity index (χ3n) is 4.02. The Hall–Kier alpha value is -1.26. The molecule has 1 saturated carbocycles. The molecule has 1 heterocycles. The van der Waals surface area contributed by atoms with Crippen LogP contribution in [0.25, 0.3) is 0 Å². The molecule has 0 spiro atoms. The van der Waals surface area contributed by atoms with E-state index in [4.69, 9.17) is 16.3 Å². The summed E-state index contributed by atoms with van der Waals surface area (Å²) in [4.78, 5) is 14.3. The molecular weight excluding hydrogens is 276 g/mol. The van der Waals surface area contributed by atoms with Crippen LogP contribution in [0.4, 0.5) is 11.4 Å². The number of rotatable bonds is 3. The van der Waals surface area contributed by atoms with E-state index in [1.54, 1.807) is 0 Å². The molecule has 1 N–H and O–H groups in total. The van der Waals surface area contributed by atoms with E-state index in [9.17, 15) is 4.79 Å². The van der Waals surface area contributed by atoms with Gasteiger partial charge in [0.15, 0.2) is 0 Å². The summed E-state index contributed by atoms with van der Waals surface area (Å²) in [5, 5.41) is 3.71. The van der Waals surface area contributed by atoms with E-state index >= 15 is 0 Å². The van der Waals surface area contributed by atoms with Gasteiger partial charge in [0.1, 0.15) is 0 Å². The molecule has 3 rings (SSSR count). The van der Waals surface area contributed by atoms with Crippen LogP contribution in [0.3, 0.4) is 0 Å². The Kier molecular flexibility index (Phi) is 3.85. The summed E-state index contributed by atoms with van der Waals surface area (Å²) in [7, 11) is 0. The molecule has 2 atom stereocenters. The van der Waals surface area contributed by atoms with Crippen molar-refractivity contribution in [2.45, 2.75) is 13.3 Å². The monoisotopic (exact) mass is 294 g/mol. The lowest BCUT2D eigenvalue weighted by Crippen LogP contribution is -2.37. The van der Waals surface area contributed by atoms with Gasteiger partial charge in [-0.1, -0.05) is 24.6 Å². The quantitative estimate of drug-likeness (QED) is 0.932. The van der Waals surface area contributed by atoms with Crippen molar-refractivity contribution in [1.82, 2.24) is 0 Å². The van der Waals surface area contributed by atoms with Crippen molar-refractivity contribution in [3.05, 3.63) is 23.2 Å². The fraction of sp³-hybridized carbons (Fsp3) is 0.533. The molecule has 108 valence electrons. The van der Waals surface area contributed by atoms with E-state index in [2.05, 4.69) is 17.1 Å². The third-order valence-corrected chi connectivity index (χ3v) is 4.32. The second kappa shape index (κ2) is 5.62. The van der Waals surface area contributed by atoms with Crippen LogP contribution in [-0.4, -0.2) is 32.2 Å². The van der Waals surface area contributed by atoms with Crippen LogP contribution in [0, 0.1) is 11.8 Å². The number of carbonyl (C=O) groups excluding carboxylic acids is 1. The number of para-hydroxylation sites is 1. The molecule has 0 aromatic heterocycles. The van der Waals surface area contributed by atoms with Crippen molar-refractivity contribution in [2.24, 2.45) is 11.8 Å². The summed E-state index contributed by atoms with van der Waals surface area (Å²) in [5.74, 6) is 0.766. The average molecular weight is 295 g/mol. The summed E-state index contributed by atoms with van der Waals surface area (Å²) in [6.45, 7) is 5.08. The van der Waals surface area contributed by atoms with Gasteiger partial charge in [0.05, 0.1) is 29.6 Å². The molecule has 0 unspecified atom stereocenters. The van der Waals surface area contributed by atoms with E-state index in [1.165, 1.54) is 0 Å². The number of halogens is 1. The number of amides is 1. The fourth-order valence-corrected chi connectivity index (χ4v) is 2.93. The molecule has 5 heteroatoms. The van der Waals surface area contributed by atoms with Crippen molar-refractivity contribution in [3.63, 3.8) is 0 Å². The number of morpholine rings is 1. The second-order valence-electron chi connectivity index (χ2n) is 5.54. The molecule has 20 heavy (non-hydrogen) atoms. The number of hydrogen-bond acceptors (Lipinski definition) is 3. The lowest BCUT2D eigenvalue weighted by molar-refractivity contribution is -0.117. The normalized spacial score (nSPS) is 25.4. The number of nitrogens with one attached hydrogen (secondary N) is 1. The summed E-state index contributed by atoms with van der Waals surface area (Å²) < 4.78 is 5.37. The summed E-state index contributed by atoms with van der Waals surface area (Å²) in [6.07, 6.45) is 0.985. The Labute approximate surface area is 124 Å². The smallest absolute Gasteiger partial charge is 0.227 e. The molecule has 0 bridgehead atoms. The Balaban J connectivity index is 1.82. The number of ether oxygens (including phenoxy) is 1. The molecule has 1 aliphatic carbocycles. The van der Waals surface area contributed by atoms with E-state index in [-0.39, 0.29) is 11.8 Å². The zero-order valence-corrected chi connectivity index (χ0v) is 12.3. The van der Waals surface area contributed by atoms with Gasteiger partial charge in [-0.2, -0.15) is 0 Å². The van der Waals surface area contributed by atoms with Gasteiger partial charge < -0.3 is 15.0 Å². The molecule has 1 amide bonds. The molecule has 1 aliphatic heterocycles. The fourth-order valence-electron chi connectivity index (χ4n) is 2.64. The Morgan fingerprint density at radius 2 is 2.10 bits per heavy atom. The van der Waals surface area contributed by atoms with Gasteiger partial charge in [-0.3, -0.25) is 4.79 Å². The zero-order valence-electron chi connectivity index (χ0n) is 11.6. The average Bonchev–Trinajstić information content (AvgIpc) is 3.17. The van der Waals surface area contributed by atoms with Gasteiger partial charge in [0.25, 0.3) is 0 Å². The zero-order chi connectivity index (χ0) is 14.1. The lowest BCUT2D eigenvalue weighted by atomic mass is 10.2. The second-order valence-corrected chi connectivity index (χ2v) is 5.95. The first-order valence-corrected chi connectivity index (χ1v) is 7.46. The first-order chi connectivity index (χ1) is 9.66. The van der Waals surface area contributed by atoms with Crippen LogP contribution in [0.5, 0.6) is 0 Å². The largest absolute Gasteiger partial charge is 0.378 e. The minimum Gasteiger partial charge on any atom is -0.378 e. The van der Waals surface area contributed by atoms with Gasteiger partial charge in [-0.25, -0.2) is 0 Å². The van der Waals surface area contributed by atoms with Gasteiger partial charge in [0.2, 0.25) is 5.91 Å². The van der Waals surface area contributed by atoms with Crippen LogP contribution in [-0.2, 0) is 9.53 Å². The van der Waals surface area contributed by atoms with Crippen LogP contribution in [0.1, 0.15) is 13.3 Å². The molecule has 1 saturated heterocycles. The number of carbonyl (C=O) groups is 1. The predicted octanol–water partition coefficient (Wildman–Crippen LogP) is 2.77. The van der Waals surface area contributed by atoms with Gasteiger partial charge in [-0.05, 0) is 24.5 Å². The highest BCUT2D eigenvalue weighted by Gasteiger charge is 2.39. The van der Waals surface area contributed by atoms with Crippen LogP contribution in [0.2, 0.25) is 5.02 Å². The molecular formula is C15H19ClN2O2. The van der Waals surface area contributed by atoms with E-state index < -0.39 is 0 Å². The maximum absolute atomic E-state index is 12.1. The minimum atomic E-state index is 0.106. The Morgan fingerprint density at radius 1 is 1.40 bits per heavy atom. The third kappa shape index (κ3) is 2.76. The standard InChI is InChI=1S/C15H19ClN2O2/c1-10-9-11(10)15(19)17-13-4-2-3-12(16)14(13)18-5-7-20-8-6-18/h2-4,10-11H,5-9H2,1H3,(H,17,19)/t10-,11+/m0/s1. The number of nitrogens with zero attached hydrogens (tertiary/aromatic N) is 1. The number of benzene rings is 1. The Bertz CT molecular complexity index is 515. The van der Waals surface area contributed by atoms with Crippen molar-refractivity contribution >= 4 is 28.9 Å². The van der Waals surface area contributed by atoms with Crippen molar-refractivity contribution in [2.75, 3.05) is 36.5 Å². The number of hydrogen-bond donors (Lipinski definition) is 1. The molecule has 0 radical (unpaired) electrons. The van der Waals surface area contributed by atoms with Crippen molar-refractivity contribution in [3.8, 4) is 0 Å². The summed E-state index contributed by atoms with van der Waals surface area (Å²) in [6, 6.07) is 5.65. The van der Waals surface area contributed by atoms with Gasteiger partial charge in [-0.15, -0.1) is 0 Å². The summed E-state index contributed by atoms with van der Waals surface area (Å²) >= 11 is 6.34. The molecule has 1 aromatic rings. The Morgan fingerprint density at radius 3 is 2.75 bits per heavy atom. The number of anilines is 2. The predicted molar refractivity (Wildman–Crippen MR) is 80.4 cm³/mol. The van der Waals surface area contributed by atoms with E-state index in [1.807, 2.05) is 18.2 Å². The maximum atomic E-state index is 12.1. The first-order valence-electron chi connectivity index (χ1n) is 7.09. The highest BCUT2D eigenvalue weighted by atomic mass is 35.5. The highest BCUT2D eigenvalue weighted by molar-refractivity contribution is 6.34. The topological polar surface area (TPSA) is 41.6 Å². The van der Waals surface area contributed by atoms with Crippen molar-refractivity contribution < 1.29 is 9.53 Å². The van der Waals surface area contributed by atoms with E-state index in [0.29, 0.717) is 24.2 Å². The minimum absolute atomic E-state index is 0.106. The van der Waals surface area contributed by atoms with Gasteiger partial charge in [0, 0.05) is 19.0 Å². The SMILES string of the molecule is C[C@H]1C[C@H]1C(=O)Nc1cccc(Cl)c1N1CCOCC1. The first kappa shape index (κ1) is 13.7. The molecule has 2 fully saturated rings. The molecule has 2 aliphatic rings. The van der Waals surface area contributed by atoms with Crippen LogP contribution >= 0.6 is 11.6 Å². The van der Waals surface area contributed by atoms with E-state index in [0.717, 1.165) is 30.9 Å². The van der Waals surface area contributed by atoms with Crippen LogP contribution in [0.15, 0.2) is 18.2 Å². The molecule has 4 nitrogen and oxygen atoms in total. The highest BCUT2D eigenvalue weighted by Crippen LogP contribution is 2.40.